The van der Waals surface area contributed by atoms with Gasteiger partial charge >= 0.3 is 0 Å². The number of ether oxygens (including phenoxy) is 2. The smallest absolute Gasteiger partial charge is 0.261 e. The van der Waals surface area contributed by atoms with Crippen molar-refractivity contribution >= 4 is 25.6 Å². The highest BCUT2D eigenvalue weighted by Gasteiger charge is 2.16. The SMILES string of the molecule is COCCOCCNC(=O)c1ccc(S(=O)(=O)Cl)cc1F. The van der Waals surface area contributed by atoms with Gasteiger partial charge in [-0.1, -0.05) is 0 Å². The molecule has 0 saturated carbocycles. The summed E-state index contributed by atoms with van der Waals surface area (Å²) in [6.45, 7) is 1.28. The summed E-state index contributed by atoms with van der Waals surface area (Å²) in [6, 6.07) is 2.83. The largest absolute Gasteiger partial charge is 0.382 e. The van der Waals surface area contributed by atoms with Crippen LogP contribution in [0.3, 0.4) is 0 Å². The zero-order valence-electron chi connectivity index (χ0n) is 11.3. The summed E-state index contributed by atoms with van der Waals surface area (Å²) < 4.78 is 45.6. The molecule has 118 valence electrons. The summed E-state index contributed by atoms with van der Waals surface area (Å²) in [7, 11) is 2.60. The van der Waals surface area contributed by atoms with Crippen LogP contribution < -0.4 is 5.32 Å². The van der Waals surface area contributed by atoms with E-state index in [4.69, 9.17) is 20.2 Å². The van der Waals surface area contributed by atoms with Gasteiger partial charge in [-0.2, -0.15) is 0 Å². The fraction of sp³-hybridized carbons (Fsp3) is 0.417. The number of halogens is 2. The molecule has 0 aliphatic heterocycles. The van der Waals surface area contributed by atoms with Crippen molar-refractivity contribution in [2.75, 3.05) is 33.5 Å². The molecule has 0 saturated heterocycles. The molecule has 0 heterocycles. The molecule has 0 atom stereocenters. The Hall–Kier alpha value is -1.22. The van der Waals surface area contributed by atoms with Crippen LogP contribution in [0.25, 0.3) is 0 Å². The summed E-state index contributed by atoms with van der Waals surface area (Å²) in [5, 5.41) is 2.45. The van der Waals surface area contributed by atoms with Gasteiger partial charge in [-0.3, -0.25) is 4.79 Å². The van der Waals surface area contributed by atoms with E-state index < -0.39 is 25.7 Å². The monoisotopic (exact) mass is 339 g/mol. The molecule has 1 rings (SSSR count). The van der Waals surface area contributed by atoms with Crippen LogP contribution in [0, 0.1) is 5.82 Å². The van der Waals surface area contributed by atoms with Crippen LogP contribution in [0.15, 0.2) is 23.1 Å². The van der Waals surface area contributed by atoms with Gasteiger partial charge in [-0.05, 0) is 18.2 Å². The Bertz CT molecular complexity index is 593. The lowest BCUT2D eigenvalue weighted by atomic mass is 10.2. The molecule has 1 aromatic carbocycles. The number of nitrogens with one attached hydrogen (secondary N) is 1. The van der Waals surface area contributed by atoms with Crippen LogP contribution in [0.2, 0.25) is 0 Å². The molecule has 0 bridgehead atoms. The molecule has 0 spiro atoms. The first-order chi connectivity index (χ1) is 9.86. The quantitative estimate of drug-likeness (QED) is 0.567. The van der Waals surface area contributed by atoms with Crippen molar-refractivity contribution in [1.82, 2.24) is 5.32 Å². The fourth-order valence-electron chi connectivity index (χ4n) is 1.41. The van der Waals surface area contributed by atoms with Crippen molar-refractivity contribution in [3.63, 3.8) is 0 Å². The molecule has 1 aromatic rings. The van der Waals surface area contributed by atoms with Gasteiger partial charge in [0, 0.05) is 24.3 Å². The van der Waals surface area contributed by atoms with Crippen LogP contribution >= 0.6 is 10.7 Å². The molecule has 9 heteroatoms. The van der Waals surface area contributed by atoms with E-state index in [9.17, 15) is 17.6 Å². The van der Waals surface area contributed by atoms with E-state index in [-0.39, 0.29) is 18.7 Å². The number of methoxy groups -OCH3 is 1. The number of hydrogen-bond acceptors (Lipinski definition) is 5. The lowest BCUT2D eigenvalue weighted by Crippen LogP contribution is -2.28. The minimum atomic E-state index is -4.03. The van der Waals surface area contributed by atoms with E-state index in [0.29, 0.717) is 19.3 Å². The Morgan fingerprint density at radius 1 is 1.33 bits per heavy atom. The summed E-state index contributed by atoms with van der Waals surface area (Å²) in [5.74, 6) is -1.63. The molecule has 1 N–H and O–H groups in total. The predicted molar refractivity (Wildman–Crippen MR) is 74.5 cm³/mol. The van der Waals surface area contributed by atoms with Crippen molar-refractivity contribution in [2.24, 2.45) is 0 Å². The van der Waals surface area contributed by atoms with E-state index in [1.165, 1.54) is 0 Å². The molecule has 0 radical (unpaired) electrons. The Morgan fingerprint density at radius 3 is 2.62 bits per heavy atom. The zero-order valence-corrected chi connectivity index (χ0v) is 12.8. The minimum Gasteiger partial charge on any atom is -0.382 e. The second-order valence-corrected chi connectivity index (χ2v) is 6.51. The summed E-state index contributed by atoms with van der Waals surface area (Å²) in [6.07, 6.45) is 0. The molecule has 0 unspecified atom stereocenters. The highest BCUT2D eigenvalue weighted by Crippen LogP contribution is 2.18. The number of benzene rings is 1. The van der Waals surface area contributed by atoms with Gasteiger partial charge in [0.25, 0.3) is 15.0 Å². The zero-order chi connectivity index (χ0) is 15.9. The van der Waals surface area contributed by atoms with Gasteiger partial charge in [0.05, 0.1) is 30.3 Å². The van der Waals surface area contributed by atoms with Crippen molar-refractivity contribution < 1.29 is 27.1 Å². The van der Waals surface area contributed by atoms with Crippen molar-refractivity contribution in [3.05, 3.63) is 29.6 Å². The average molecular weight is 340 g/mol. The van der Waals surface area contributed by atoms with Crippen LogP contribution in [-0.2, 0) is 18.5 Å². The predicted octanol–water partition coefficient (Wildman–Crippen LogP) is 1.15. The Labute approximate surface area is 126 Å². The average Bonchev–Trinajstić information content (AvgIpc) is 2.41. The molecular formula is C12H15ClFNO5S. The Balaban J connectivity index is 2.55. The first-order valence-corrected chi connectivity index (χ1v) is 8.26. The molecule has 6 nitrogen and oxygen atoms in total. The van der Waals surface area contributed by atoms with Crippen molar-refractivity contribution in [3.8, 4) is 0 Å². The standard InChI is InChI=1S/C12H15ClFNO5S/c1-19-6-7-20-5-4-15-12(16)10-3-2-9(8-11(10)14)21(13,17)18/h2-3,8H,4-7H2,1H3,(H,15,16). The lowest BCUT2D eigenvalue weighted by molar-refractivity contribution is 0.0692. The second-order valence-electron chi connectivity index (χ2n) is 3.94. The van der Waals surface area contributed by atoms with Gasteiger partial charge in [0.15, 0.2) is 0 Å². The van der Waals surface area contributed by atoms with Crippen molar-refractivity contribution in [2.45, 2.75) is 4.90 Å². The normalized spacial score (nSPS) is 11.4. The molecular weight excluding hydrogens is 325 g/mol. The van der Waals surface area contributed by atoms with Crippen LogP contribution in [0.4, 0.5) is 4.39 Å². The van der Waals surface area contributed by atoms with Gasteiger partial charge in [0.2, 0.25) is 0 Å². The van der Waals surface area contributed by atoms with Crippen LogP contribution in [-0.4, -0.2) is 47.8 Å². The first-order valence-electron chi connectivity index (χ1n) is 5.95. The maximum atomic E-state index is 13.7. The Morgan fingerprint density at radius 2 is 2.05 bits per heavy atom. The molecule has 1 amide bonds. The highest BCUT2D eigenvalue weighted by atomic mass is 35.7. The third-order valence-corrected chi connectivity index (χ3v) is 3.78. The number of carbonyl (C=O) groups excluding carboxylic acids is 1. The molecule has 0 aliphatic rings. The van der Waals surface area contributed by atoms with E-state index in [0.717, 1.165) is 12.1 Å². The number of rotatable bonds is 8. The lowest BCUT2D eigenvalue weighted by Gasteiger charge is -2.07. The number of carbonyl (C=O) groups is 1. The topological polar surface area (TPSA) is 81.7 Å². The highest BCUT2D eigenvalue weighted by molar-refractivity contribution is 8.13. The maximum absolute atomic E-state index is 13.7. The number of amides is 1. The van der Waals surface area contributed by atoms with Crippen molar-refractivity contribution in [1.29, 1.82) is 0 Å². The first kappa shape index (κ1) is 17.8. The van der Waals surface area contributed by atoms with E-state index in [1.807, 2.05) is 0 Å². The van der Waals surface area contributed by atoms with Gasteiger partial charge in [-0.25, -0.2) is 12.8 Å². The third kappa shape index (κ3) is 5.96. The van der Waals surface area contributed by atoms with Crippen LogP contribution in [0.5, 0.6) is 0 Å². The van der Waals surface area contributed by atoms with E-state index >= 15 is 0 Å². The molecule has 0 aliphatic carbocycles. The van der Waals surface area contributed by atoms with Crippen LogP contribution in [0.1, 0.15) is 10.4 Å². The second kappa shape index (κ2) is 8.28. The number of hydrogen-bond donors (Lipinski definition) is 1. The van der Waals surface area contributed by atoms with E-state index in [2.05, 4.69) is 5.32 Å². The minimum absolute atomic E-state index is 0.192. The third-order valence-electron chi connectivity index (χ3n) is 2.43. The summed E-state index contributed by atoms with van der Waals surface area (Å²) in [4.78, 5) is 11.3. The maximum Gasteiger partial charge on any atom is 0.261 e. The molecule has 0 fully saturated rings. The fourth-order valence-corrected chi connectivity index (χ4v) is 2.17. The van der Waals surface area contributed by atoms with Gasteiger partial charge in [0.1, 0.15) is 5.82 Å². The van der Waals surface area contributed by atoms with E-state index in [1.54, 1.807) is 7.11 Å². The molecule has 21 heavy (non-hydrogen) atoms. The summed E-state index contributed by atoms with van der Waals surface area (Å²) in [5.41, 5.74) is -0.268. The van der Waals surface area contributed by atoms with Gasteiger partial charge < -0.3 is 14.8 Å². The Kier molecular flexibility index (Phi) is 7.03. The molecule has 0 aromatic heterocycles. The van der Waals surface area contributed by atoms with Gasteiger partial charge in [-0.15, -0.1) is 0 Å². The summed E-state index contributed by atoms with van der Waals surface area (Å²) >= 11 is 0.